The summed E-state index contributed by atoms with van der Waals surface area (Å²) in [5.41, 5.74) is 5.25. The largest absolute Gasteiger partial charge is 0.494 e. The van der Waals surface area contributed by atoms with Crippen molar-refractivity contribution in [1.29, 1.82) is 0 Å². The van der Waals surface area contributed by atoms with E-state index in [1.54, 1.807) is 0 Å². The predicted octanol–water partition coefficient (Wildman–Crippen LogP) is 0.00810. The Morgan fingerprint density at radius 1 is 1.50 bits per heavy atom. The summed E-state index contributed by atoms with van der Waals surface area (Å²) in [6, 6.07) is 1.23. The first-order chi connectivity index (χ1) is 3.70. The normalized spacial score (nSPS) is 9.50. The van der Waals surface area contributed by atoms with Gasteiger partial charge < -0.3 is 15.9 Å². The fourth-order valence-corrected chi connectivity index (χ4v) is 0.445. The van der Waals surface area contributed by atoms with Gasteiger partial charge in [-0.05, 0) is 0 Å². The molecule has 5 N–H and O–H groups in total. The summed E-state index contributed by atoms with van der Waals surface area (Å²) in [4.78, 5) is 2.19. The van der Waals surface area contributed by atoms with E-state index in [4.69, 9.17) is 15.9 Å². The Kier molecular flexibility index (Phi) is 0.802. The zero-order valence-corrected chi connectivity index (χ0v) is 4.05. The summed E-state index contributed by atoms with van der Waals surface area (Å²) >= 11 is 0. The lowest BCUT2D eigenvalue weighted by Gasteiger charge is -1.81. The number of H-pyrrole nitrogens is 1. The van der Waals surface area contributed by atoms with Crippen molar-refractivity contribution in [3.05, 3.63) is 6.07 Å². The van der Waals surface area contributed by atoms with Crippen LogP contribution in [0.3, 0.4) is 0 Å². The highest BCUT2D eigenvalue weighted by molar-refractivity contribution is 5.51. The molecule has 0 bridgehead atoms. The topological polar surface area (TPSA) is 82.3 Å². The summed E-state index contributed by atoms with van der Waals surface area (Å²) in [6.45, 7) is 0. The van der Waals surface area contributed by atoms with Crippen LogP contribution in [-0.4, -0.2) is 15.2 Å². The summed E-state index contributed by atoms with van der Waals surface area (Å²) < 4.78 is 0. The molecule has 1 aromatic rings. The van der Waals surface area contributed by atoms with Crippen LogP contribution >= 0.6 is 0 Å². The molecule has 4 nitrogen and oxygen atoms in total. The lowest BCUT2D eigenvalue weighted by Crippen LogP contribution is -1.78. The number of nitrogen functional groups attached to an aromatic ring is 1. The van der Waals surface area contributed by atoms with Gasteiger partial charge in [-0.3, -0.25) is 4.98 Å². The van der Waals surface area contributed by atoms with Crippen LogP contribution in [0.25, 0.3) is 0 Å². The average molecular weight is 114 g/mol. The van der Waals surface area contributed by atoms with E-state index in [1.165, 1.54) is 6.07 Å². The molecular weight excluding hydrogens is 108 g/mol. The molecule has 0 aliphatic rings. The number of hydrogen-bond acceptors (Lipinski definition) is 3. The Morgan fingerprint density at radius 2 is 2.12 bits per heavy atom. The third-order valence-corrected chi connectivity index (χ3v) is 0.812. The number of rotatable bonds is 0. The van der Waals surface area contributed by atoms with Crippen molar-refractivity contribution in [1.82, 2.24) is 4.98 Å². The smallest absolute Gasteiger partial charge is 0.215 e. The van der Waals surface area contributed by atoms with Crippen molar-refractivity contribution in [2.45, 2.75) is 0 Å². The number of aromatic hydroxyl groups is 2. The van der Waals surface area contributed by atoms with Crippen molar-refractivity contribution in [2.75, 3.05) is 5.73 Å². The van der Waals surface area contributed by atoms with Gasteiger partial charge in [0.15, 0.2) is 5.88 Å². The van der Waals surface area contributed by atoms with Crippen molar-refractivity contribution < 1.29 is 10.2 Å². The van der Waals surface area contributed by atoms with Gasteiger partial charge in [0.2, 0.25) is 5.88 Å². The molecule has 0 atom stereocenters. The van der Waals surface area contributed by atoms with Gasteiger partial charge >= 0.3 is 0 Å². The maximum atomic E-state index is 8.60. The molecular formula is C4H6N2O2. The summed E-state index contributed by atoms with van der Waals surface area (Å²) in [5, 5.41) is 17.1. The molecule has 0 spiro atoms. The number of aromatic nitrogens is 1. The van der Waals surface area contributed by atoms with E-state index in [2.05, 4.69) is 4.98 Å². The number of anilines is 1. The van der Waals surface area contributed by atoms with E-state index in [1.807, 2.05) is 0 Å². The van der Waals surface area contributed by atoms with Crippen molar-refractivity contribution in [3.8, 4) is 11.8 Å². The second-order valence-electron chi connectivity index (χ2n) is 1.46. The molecule has 0 unspecified atom stereocenters. The molecule has 44 valence electrons. The van der Waals surface area contributed by atoms with Gasteiger partial charge in [-0.1, -0.05) is 0 Å². The summed E-state index contributed by atoms with van der Waals surface area (Å²) in [7, 11) is 0. The van der Waals surface area contributed by atoms with E-state index in [9.17, 15) is 0 Å². The maximum absolute atomic E-state index is 8.60. The highest BCUT2D eigenvalue weighted by Crippen LogP contribution is 2.22. The third-order valence-electron chi connectivity index (χ3n) is 0.812. The molecule has 1 rings (SSSR count). The molecule has 0 saturated carbocycles. The number of aromatic amines is 1. The first-order valence-electron chi connectivity index (χ1n) is 2.06. The van der Waals surface area contributed by atoms with Gasteiger partial charge in [0.05, 0.1) is 5.69 Å². The SMILES string of the molecule is Nc1cc(O)[nH]c1O. The lowest BCUT2D eigenvalue weighted by molar-refractivity contribution is 0.426. The van der Waals surface area contributed by atoms with E-state index in [0.29, 0.717) is 0 Å². The standard InChI is InChI=1S/C4H6N2O2/c5-2-1-3(7)6-4(2)8/h1,6-8H,5H2. The van der Waals surface area contributed by atoms with Crippen molar-refractivity contribution in [2.24, 2.45) is 0 Å². The van der Waals surface area contributed by atoms with Crippen LogP contribution in [0.5, 0.6) is 11.8 Å². The monoisotopic (exact) mass is 114 g/mol. The lowest BCUT2D eigenvalue weighted by atomic mass is 10.5. The minimum Gasteiger partial charge on any atom is -0.494 e. The van der Waals surface area contributed by atoms with Crippen LogP contribution in [0, 0.1) is 0 Å². The second kappa shape index (κ2) is 1.33. The van der Waals surface area contributed by atoms with Crippen LogP contribution in [-0.2, 0) is 0 Å². The Labute approximate surface area is 45.6 Å². The Balaban J connectivity index is 3.14. The molecule has 1 aromatic heterocycles. The number of nitrogens with one attached hydrogen (secondary N) is 1. The molecule has 0 radical (unpaired) electrons. The molecule has 0 saturated heterocycles. The van der Waals surface area contributed by atoms with Crippen LogP contribution in [0.2, 0.25) is 0 Å². The van der Waals surface area contributed by atoms with E-state index < -0.39 is 0 Å². The number of hydrogen-bond donors (Lipinski definition) is 4. The van der Waals surface area contributed by atoms with Gasteiger partial charge in [0, 0.05) is 6.07 Å². The molecule has 1 heterocycles. The maximum Gasteiger partial charge on any atom is 0.215 e. The van der Waals surface area contributed by atoms with Gasteiger partial charge in [-0.25, -0.2) is 0 Å². The van der Waals surface area contributed by atoms with Gasteiger partial charge in [0.1, 0.15) is 0 Å². The predicted molar refractivity (Wildman–Crippen MR) is 28.5 cm³/mol. The molecule has 0 aliphatic carbocycles. The first-order valence-corrected chi connectivity index (χ1v) is 2.06. The van der Waals surface area contributed by atoms with Crippen LogP contribution in [0.15, 0.2) is 6.07 Å². The minimum atomic E-state index is -0.192. The zero-order valence-electron chi connectivity index (χ0n) is 4.05. The number of nitrogens with two attached hydrogens (primary N) is 1. The molecule has 0 aliphatic heterocycles. The quantitative estimate of drug-likeness (QED) is 0.383. The van der Waals surface area contributed by atoms with E-state index in [0.717, 1.165) is 0 Å². The fraction of sp³-hybridized carbons (Fsp3) is 0. The third kappa shape index (κ3) is 0.556. The molecule has 4 heteroatoms. The van der Waals surface area contributed by atoms with Crippen LogP contribution in [0.1, 0.15) is 0 Å². The van der Waals surface area contributed by atoms with E-state index >= 15 is 0 Å². The Morgan fingerprint density at radius 3 is 2.25 bits per heavy atom. The van der Waals surface area contributed by atoms with Gasteiger partial charge in [-0.15, -0.1) is 0 Å². The van der Waals surface area contributed by atoms with Gasteiger partial charge in [-0.2, -0.15) is 0 Å². The fourth-order valence-electron chi connectivity index (χ4n) is 0.445. The molecule has 0 aromatic carbocycles. The van der Waals surface area contributed by atoms with E-state index in [-0.39, 0.29) is 17.4 Å². The first kappa shape index (κ1) is 4.83. The van der Waals surface area contributed by atoms with Crippen molar-refractivity contribution >= 4 is 5.69 Å². The zero-order chi connectivity index (χ0) is 6.15. The highest BCUT2D eigenvalue weighted by atomic mass is 16.3. The molecule has 0 amide bonds. The van der Waals surface area contributed by atoms with Crippen LogP contribution < -0.4 is 5.73 Å². The average Bonchev–Trinajstić information content (AvgIpc) is 1.85. The Hall–Kier alpha value is -1.32. The Bertz CT molecular complexity index is 174. The summed E-state index contributed by atoms with van der Waals surface area (Å²) in [6.07, 6.45) is 0. The molecule has 0 fully saturated rings. The molecule has 8 heavy (non-hydrogen) atoms. The van der Waals surface area contributed by atoms with Gasteiger partial charge in [0.25, 0.3) is 0 Å². The van der Waals surface area contributed by atoms with Crippen LogP contribution in [0.4, 0.5) is 5.69 Å². The summed E-state index contributed by atoms with van der Waals surface area (Å²) in [5.74, 6) is -0.317. The van der Waals surface area contributed by atoms with Crippen molar-refractivity contribution in [3.63, 3.8) is 0 Å². The highest BCUT2D eigenvalue weighted by Gasteiger charge is 1.98. The second-order valence-corrected chi connectivity index (χ2v) is 1.46. The minimum absolute atomic E-state index is 0.125.